The number of anilines is 8. The third kappa shape index (κ3) is 18.4. The number of likely N-dealkylation sites (N-methyl/N-ethyl adjacent to an activating group) is 1. The molecule has 0 spiro atoms. The Balaban J connectivity index is 0.000000190. The number of aromatic nitrogens is 9. The molecule has 0 saturated carbocycles. The first-order valence-corrected chi connectivity index (χ1v) is 40.2. The molecule has 0 saturated heterocycles. The Bertz CT molecular complexity index is 6060. The summed E-state index contributed by atoms with van der Waals surface area (Å²) in [6.45, 7) is 4.82. The summed E-state index contributed by atoms with van der Waals surface area (Å²) in [6.07, 6.45) is 6.07. The minimum Gasteiger partial charge on any atom is -0.545 e. The zero-order valence-electron chi connectivity index (χ0n) is 58.7. The maximum atomic E-state index is 12.9. The molecule has 11 rings (SSSR count). The Kier molecular flexibility index (Phi) is 26.0. The van der Waals surface area contributed by atoms with Gasteiger partial charge in [-0.25, -0.2) is 14.1 Å². The molecule has 0 fully saturated rings. The van der Waals surface area contributed by atoms with E-state index in [2.05, 4.69) is 88.5 Å². The first-order valence-electron chi connectivity index (χ1n) is 31.0. The van der Waals surface area contributed by atoms with Crippen LogP contribution < -0.4 is 61.3 Å². The zero-order chi connectivity index (χ0) is 80.6. The molecule has 2 aliphatic heterocycles. The van der Waals surface area contributed by atoms with Gasteiger partial charge in [0, 0.05) is 37.8 Å². The SMILES string of the molecule is CCCN=c1ccc2nc3c(Cl)c4c(c(Cl)c3oc-2c1S(=O)(=O)OC)Nc1ccc(C)c(S(=O)(=O)OC)c1O4.CNCCNc1nc(Nc2cc(S(=O)(=O)OC)ccc2S(=O)(=O)OC)nc(-[n+]2cccc(C(=O)[O-])c2)n1.CNc1nc(Nc2cc(S(=O)(=O)OC)ccc2S(=O)(=O)OC)nc(-[n+]2cccc(C(=O)[O-])c2)n1. The van der Waals surface area contributed by atoms with Crippen LogP contribution >= 0.6 is 23.2 Å². The molecule has 0 atom stereocenters. The molecule has 6 heterocycles. The molecule has 48 heteroatoms. The van der Waals surface area contributed by atoms with E-state index in [-0.39, 0.29) is 139 Å². The number of benzene rings is 5. The highest BCUT2D eigenvalue weighted by molar-refractivity contribution is 7.88. The number of carboxylic acids is 2. The molecule has 1 aliphatic carbocycles. The Hall–Kier alpha value is -10.4. The van der Waals surface area contributed by atoms with Crippen LogP contribution in [0, 0.1) is 6.92 Å². The maximum Gasteiger partial charge on any atom is 0.444 e. The van der Waals surface area contributed by atoms with Crippen LogP contribution in [0.3, 0.4) is 0 Å². The Labute approximate surface area is 637 Å². The second-order valence-corrected chi connectivity index (χ2v) is 32.7. The number of aryl methyl sites for hydroxylation is 1. The van der Waals surface area contributed by atoms with Gasteiger partial charge in [-0.3, -0.25) is 30.1 Å². The number of halogens is 2. The minimum absolute atomic E-state index is 0.00109. The van der Waals surface area contributed by atoms with E-state index < -0.39 is 82.4 Å². The number of nitrogens with zero attached hydrogens (tertiary/aromatic N) is 10. The van der Waals surface area contributed by atoms with Gasteiger partial charge in [0.25, 0.3) is 40.5 Å². The Morgan fingerprint density at radius 1 is 0.564 bits per heavy atom. The number of hydrogen-bond acceptors (Lipinski definition) is 38. The van der Waals surface area contributed by atoms with Crippen LogP contribution in [-0.4, -0.2) is 174 Å². The van der Waals surface area contributed by atoms with E-state index in [0.717, 1.165) is 79.1 Å². The molecule has 0 bridgehead atoms. The van der Waals surface area contributed by atoms with Crippen molar-refractivity contribution in [2.75, 3.05) is 103 Å². The summed E-state index contributed by atoms with van der Waals surface area (Å²) in [5, 5.41) is 39.5. The zero-order valence-corrected chi connectivity index (χ0v) is 65.1. The van der Waals surface area contributed by atoms with E-state index in [9.17, 15) is 70.3 Å². The molecule has 4 aromatic carbocycles. The molecule has 110 heavy (non-hydrogen) atoms. The fourth-order valence-corrected chi connectivity index (χ4v) is 15.2. The van der Waals surface area contributed by atoms with Crippen molar-refractivity contribution in [1.82, 2.24) is 40.2 Å². The van der Waals surface area contributed by atoms with Crippen molar-refractivity contribution >= 4 is 153 Å². The van der Waals surface area contributed by atoms with Crippen LogP contribution in [-0.2, 0) is 85.8 Å². The largest absolute Gasteiger partial charge is 0.545 e. The molecule has 4 aromatic heterocycles. The summed E-state index contributed by atoms with van der Waals surface area (Å²) in [4.78, 5) is 54.5. The van der Waals surface area contributed by atoms with Crippen LogP contribution in [0.4, 0.5) is 46.5 Å². The summed E-state index contributed by atoms with van der Waals surface area (Å²) in [5.74, 6) is -3.35. The number of hydrogen-bond donors (Lipinski definition) is 6. The number of rotatable bonds is 27. The van der Waals surface area contributed by atoms with Crippen LogP contribution in [0.15, 0.2) is 148 Å². The molecule has 0 radical (unpaired) electrons. The van der Waals surface area contributed by atoms with Crippen molar-refractivity contribution in [3.63, 3.8) is 0 Å². The summed E-state index contributed by atoms with van der Waals surface area (Å²) in [7, 11) is -16.2. The van der Waals surface area contributed by atoms with E-state index in [0.29, 0.717) is 31.6 Å². The first kappa shape index (κ1) is 83.6. The molecular weight excluding hydrogens is 1620 g/mol. The minimum atomic E-state index is -4.29. The van der Waals surface area contributed by atoms with E-state index in [1.165, 1.54) is 77.4 Å². The molecule has 40 nitrogen and oxygen atoms in total. The van der Waals surface area contributed by atoms with Gasteiger partial charge >= 0.3 is 55.9 Å². The monoisotopic (exact) mass is 1680 g/mol. The van der Waals surface area contributed by atoms with Crippen molar-refractivity contribution in [1.29, 1.82) is 0 Å². The van der Waals surface area contributed by atoms with E-state index in [1.54, 1.807) is 26.1 Å². The van der Waals surface area contributed by atoms with Gasteiger partial charge in [0.15, 0.2) is 27.7 Å². The summed E-state index contributed by atoms with van der Waals surface area (Å²) >= 11 is 13.4. The number of pyridine rings is 2. The number of fused-ring (bicyclic) bond motifs is 4. The topological polar surface area (TPSA) is 545 Å². The van der Waals surface area contributed by atoms with Crippen LogP contribution in [0.5, 0.6) is 11.5 Å². The number of carbonyl (C=O) groups is 2. The Morgan fingerprint density at radius 2 is 1.05 bits per heavy atom. The summed E-state index contributed by atoms with van der Waals surface area (Å²) in [6, 6.07) is 17.9. The molecule has 584 valence electrons. The van der Waals surface area contributed by atoms with Crippen molar-refractivity contribution < 1.29 is 114 Å². The first-order chi connectivity index (χ1) is 51.9. The van der Waals surface area contributed by atoms with Crippen molar-refractivity contribution in [3.05, 3.63) is 142 Å². The highest BCUT2D eigenvalue weighted by Gasteiger charge is 2.36. The number of nitrogens with one attached hydrogen (secondary N) is 6. The summed E-state index contributed by atoms with van der Waals surface area (Å²) < 4.78 is 192. The predicted molar refractivity (Wildman–Crippen MR) is 384 cm³/mol. The number of aromatic carboxylic acids is 2. The van der Waals surface area contributed by atoms with Gasteiger partial charge in [0.2, 0.25) is 0 Å². The van der Waals surface area contributed by atoms with Crippen molar-refractivity contribution in [3.8, 4) is 34.8 Å². The van der Waals surface area contributed by atoms with Gasteiger partial charge in [-0.05, 0) is 125 Å². The van der Waals surface area contributed by atoms with Gasteiger partial charge in [-0.1, -0.05) is 36.2 Å². The highest BCUT2D eigenvalue weighted by Crippen LogP contribution is 2.55. The second-order valence-electron chi connectivity index (χ2n) is 21.9. The third-order valence-electron chi connectivity index (χ3n) is 15.0. The van der Waals surface area contributed by atoms with E-state index >= 15 is 0 Å². The second kappa shape index (κ2) is 34.2. The molecular formula is C62H62Cl2N16O24S6. The maximum absolute atomic E-state index is 12.9. The molecule has 6 N–H and O–H groups in total. The highest BCUT2D eigenvalue weighted by atomic mass is 35.5. The van der Waals surface area contributed by atoms with E-state index in [4.69, 9.17) is 40.7 Å². The average molecular weight is 1680 g/mol. The normalized spacial score (nSPS) is 12.5. The van der Waals surface area contributed by atoms with E-state index in [1.807, 2.05) is 6.92 Å². The average Bonchev–Trinajstić information content (AvgIpc) is 0.721. The number of ether oxygens (including phenoxy) is 1. The fraction of sp³-hybridized carbons (Fsp3) is 0.226. The lowest BCUT2D eigenvalue weighted by molar-refractivity contribution is -0.604. The Morgan fingerprint density at radius 3 is 1.54 bits per heavy atom. The van der Waals surface area contributed by atoms with Crippen molar-refractivity contribution in [2.45, 2.75) is 49.6 Å². The molecule has 8 aromatic rings. The quantitative estimate of drug-likeness (QED) is 0.0186. The molecule has 3 aliphatic rings. The lowest BCUT2D eigenvalue weighted by Crippen LogP contribution is -2.36. The van der Waals surface area contributed by atoms with Crippen molar-refractivity contribution in [2.24, 2.45) is 4.99 Å². The predicted octanol–water partition coefficient (Wildman–Crippen LogP) is 2.90. The summed E-state index contributed by atoms with van der Waals surface area (Å²) in [5.41, 5.74) is 0.234. The fourth-order valence-electron chi connectivity index (χ4n) is 9.74. The van der Waals surface area contributed by atoms with Crippen LogP contribution in [0.2, 0.25) is 10.0 Å². The standard InChI is InChI=1S/C24H21Cl2N3O8S2.C20H23N7O8S2.C18H18N6O8S2/c1-5-10-27-14-9-8-13-20(24(14)39(32,33)35-4)37-22-16(26)17-21(15(25)18(22)29-13)36-19-12(28-17)7-6-11(2)23(19)38(30,31)34-3;1-21-8-9-22-18-24-19(26-20(25-18)27-10-4-5-13(12-27)17(28)29)23-15-11-14(36(30,31)34-2)6-7-16(15)37(32,33)35-3;1-19-16-21-17(23-18(22-16)24-8-4-5-11(10-24)15(25)26)20-13-9-12(33(27,28)31-2)6-7-14(13)34(29,30)32-3/h6-9,28H,5,10H2,1-4H3;4-7,10-12,21H,8-9H2,1-3H3,(H2-,22,23,24,25,26,28,29);4-10H,1-3H3,(H2-,19,20,21,22,23,25,26). The van der Waals surface area contributed by atoms with Gasteiger partial charge in [0.1, 0.15) is 41.6 Å². The smallest absolute Gasteiger partial charge is 0.444 e. The number of carbonyl (C=O) groups excluding carboxylic acids is 2. The molecule has 0 amide bonds. The lowest BCUT2D eigenvalue weighted by Gasteiger charge is -2.26. The van der Waals surface area contributed by atoms with Gasteiger partial charge < -0.3 is 60.9 Å². The number of carboxylic acid groups (broad SMARTS) is 2. The van der Waals surface area contributed by atoms with Gasteiger partial charge in [0.05, 0.1) is 112 Å². The lowest BCUT2D eigenvalue weighted by atomic mass is 10.1. The van der Waals surface area contributed by atoms with Gasteiger partial charge in [-0.2, -0.15) is 50.5 Å². The third-order valence-corrected chi connectivity index (χ3v) is 23.7. The van der Waals surface area contributed by atoms with Crippen LogP contribution in [0.25, 0.3) is 34.5 Å². The molecule has 0 unspecified atom stereocenters. The van der Waals surface area contributed by atoms with Crippen LogP contribution in [0.1, 0.15) is 39.6 Å². The van der Waals surface area contributed by atoms with Gasteiger partial charge in [-0.15, -0.1) is 9.97 Å².